The van der Waals surface area contributed by atoms with E-state index in [1.807, 2.05) is 0 Å². The van der Waals surface area contributed by atoms with Gasteiger partial charge in [-0.25, -0.2) is 0 Å². The highest BCUT2D eigenvalue weighted by molar-refractivity contribution is 5.83. The molecule has 0 bridgehead atoms. The Labute approximate surface area is 103 Å². The molecule has 2 saturated carbocycles. The molecule has 98 valence electrons. The molecule has 0 aromatic carbocycles. The molecule has 4 nitrogen and oxygen atoms in total. The predicted molar refractivity (Wildman–Crippen MR) is 66.5 cm³/mol. The highest BCUT2D eigenvalue weighted by atomic mass is 16.5. The Hall–Kier alpha value is -0.610. The monoisotopic (exact) mass is 240 g/mol. The maximum atomic E-state index is 12.2. The zero-order valence-electron chi connectivity index (χ0n) is 10.7. The van der Waals surface area contributed by atoms with E-state index in [0.717, 1.165) is 25.7 Å². The molecule has 0 aromatic rings. The quantitative estimate of drug-likeness (QED) is 0.699. The van der Waals surface area contributed by atoms with Crippen molar-refractivity contribution in [3.63, 3.8) is 0 Å². The van der Waals surface area contributed by atoms with Crippen LogP contribution in [0.5, 0.6) is 0 Å². The Balaban J connectivity index is 1.76. The molecule has 0 saturated heterocycles. The Kier molecular flexibility index (Phi) is 4.05. The molecule has 0 spiro atoms. The molecular weight excluding hydrogens is 216 g/mol. The molecule has 0 heterocycles. The number of hydrogen-bond donors (Lipinski definition) is 2. The number of rotatable bonds is 7. The Morgan fingerprint density at radius 3 is 2.71 bits per heavy atom. The third-order valence-corrected chi connectivity index (χ3v) is 4.30. The molecule has 0 aliphatic heterocycles. The molecule has 3 N–H and O–H groups in total. The van der Waals surface area contributed by atoms with Crippen molar-refractivity contribution in [1.29, 1.82) is 0 Å². The van der Waals surface area contributed by atoms with Gasteiger partial charge in [-0.15, -0.1) is 0 Å². The van der Waals surface area contributed by atoms with Gasteiger partial charge in [-0.2, -0.15) is 0 Å². The van der Waals surface area contributed by atoms with Crippen molar-refractivity contribution in [1.82, 2.24) is 5.32 Å². The van der Waals surface area contributed by atoms with Crippen LogP contribution in [0.15, 0.2) is 0 Å². The van der Waals surface area contributed by atoms with Crippen LogP contribution < -0.4 is 11.1 Å². The summed E-state index contributed by atoms with van der Waals surface area (Å²) in [5.41, 5.74) is 5.84. The summed E-state index contributed by atoms with van der Waals surface area (Å²) in [5.74, 6) is 0.837. The fourth-order valence-corrected chi connectivity index (χ4v) is 2.58. The van der Waals surface area contributed by atoms with Crippen molar-refractivity contribution in [3.05, 3.63) is 0 Å². The van der Waals surface area contributed by atoms with Crippen LogP contribution in [-0.2, 0) is 9.53 Å². The standard InChI is InChI=1S/C13H24N2O2/c1-17-8-7-13(5-2-6-13)12(16)15-9-11(14)10-3-4-10/h10-11H,2-9,14H2,1H3,(H,15,16). The summed E-state index contributed by atoms with van der Waals surface area (Å²) in [5, 5.41) is 3.04. The number of carbonyl (C=O) groups is 1. The Bertz CT molecular complexity index is 273. The summed E-state index contributed by atoms with van der Waals surface area (Å²) in [6.45, 7) is 1.31. The minimum atomic E-state index is -0.153. The van der Waals surface area contributed by atoms with Crippen molar-refractivity contribution in [2.24, 2.45) is 17.1 Å². The van der Waals surface area contributed by atoms with E-state index >= 15 is 0 Å². The molecule has 1 unspecified atom stereocenters. The van der Waals surface area contributed by atoms with E-state index in [2.05, 4.69) is 5.32 Å². The number of nitrogens with two attached hydrogens (primary N) is 1. The minimum Gasteiger partial charge on any atom is -0.385 e. The molecule has 17 heavy (non-hydrogen) atoms. The average Bonchev–Trinajstić information content (AvgIpc) is 3.08. The van der Waals surface area contributed by atoms with Gasteiger partial charge in [-0.3, -0.25) is 4.79 Å². The lowest BCUT2D eigenvalue weighted by Crippen LogP contribution is -2.49. The molecule has 2 aliphatic rings. The maximum absolute atomic E-state index is 12.2. The SMILES string of the molecule is COCCC1(C(=O)NCC(N)C2CC2)CCC1. The van der Waals surface area contributed by atoms with E-state index in [4.69, 9.17) is 10.5 Å². The highest BCUT2D eigenvalue weighted by Crippen LogP contribution is 2.44. The zero-order valence-corrected chi connectivity index (χ0v) is 10.7. The van der Waals surface area contributed by atoms with Gasteiger partial charge in [0.2, 0.25) is 5.91 Å². The lowest BCUT2D eigenvalue weighted by atomic mass is 9.66. The van der Waals surface area contributed by atoms with Crippen LogP contribution >= 0.6 is 0 Å². The van der Waals surface area contributed by atoms with Crippen molar-refractivity contribution in [2.45, 2.75) is 44.6 Å². The van der Waals surface area contributed by atoms with Gasteiger partial charge in [-0.05, 0) is 38.0 Å². The van der Waals surface area contributed by atoms with Crippen molar-refractivity contribution in [3.8, 4) is 0 Å². The molecule has 2 rings (SSSR count). The van der Waals surface area contributed by atoms with Crippen LogP contribution in [0.25, 0.3) is 0 Å². The van der Waals surface area contributed by atoms with Gasteiger partial charge < -0.3 is 15.8 Å². The molecule has 0 aromatic heterocycles. The van der Waals surface area contributed by atoms with E-state index in [-0.39, 0.29) is 17.4 Å². The first-order valence-electron chi connectivity index (χ1n) is 6.71. The summed E-state index contributed by atoms with van der Waals surface area (Å²) < 4.78 is 5.09. The lowest BCUT2D eigenvalue weighted by Gasteiger charge is -2.40. The molecule has 0 radical (unpaired) electrons. The minimum absolute atomic E-state index is 0.151. The first-order chi connectivity index (χ1) is 8.18. The van der Waals surface area contributed by atoms with Gasteiger partial charge >= 0.3 is 0 Å². The lowest BCUT2D eigenvalue weighted by molar-refractivity contribution is -0.137. The Morgan fingerprint density at radius 2 is 2.24 bits per heavy atom. The average molecular weight is 240 g/mol. The summed E-state index contributed by atoms with van der Waals surface area (Å²) in [7, 11) is 1.69. The van der Waals surface area contributed by atoms with Gasteiger partial charge in [0.05, 0.1) is 5.41 Å². The second-order valence-corrected chi connectivity index (χ2v) is 5.59. The predicted octanol–water partition coefficient (Wildman–Crippen LogP) is 1.05. The summed E-state index contributed by atoms with van der Waals surface area (Å²) >= 11 is 0. The first kappa shape index (κ1) is 12.8. The van der Waals surface area contributed by atoms with Crippen LogP contribution in [0.3, 0.4) is 0 Å². The number of amides is 1. The van der Waals surface area contributed by atoms with Crippen molar-refractivity contribution >= 4 is 5.91 Å². The second kappa shape index (κ2) is 5.36. The van der Waals surface area contributed by atoms with Gasteiger partial charge in [-0.1, -0.05) is 6.42 Å². The van der Waals surface area contributed by atoms with Crippen LogP contribution in [0, 0.1) is 11.3 Å². The van der Waals surface area contributed by atoms with Crippen LogP contribution in [0.4, 0.5) is 0 Å². The number of nitrogens with one attached hydrogen (secondary N) is 1. The maximum Gasteiger partial charge on any atom is 0.226 e. The van der Waals surface area contributed by atoms with Gasteiger partial charge in [0.25, 0.3) is 0 Å². The van der Waals surface area contributed by atoms with Crippen LogP contribution in [0.2, 0.25) is 0 Å². The largest absolute Gasteiger partial charge is 0.385 e. The summed E-state index contributed by atoms with van der Waals surface area (Å²) in [6, 6.07) is 0.151. The topological polar surface area (TPSA) is 64.3 Å². The van der Waals surface area contributed by atoms with Crippen LogP contribution in [-0.4, -0.2) is 32.2 Å². The number of carbonyl (C=O) groups excluding carboxylic acids is 1. The fraction of sp³-hybridized carbons (Fsp3) is 0.923. The summed E-state index contributed by atoms with van der Waals surface area (Å²) in [4.78, 5) is 12.2. The number of methoxy groups -OCH3 is 1. The molecule has 1 atom stereocenters. The highest BCUT2D eigenvalue weighted by Gasteiger charge is 2.43. The molecule has 2 aliphatic carbocycles. The van der Waals surface area contributed by atoms with E-state index < -0.39 is 0 Å². The first-order valence-corrected chi connectivity index (χ1v) is 6.71. The third-order valence-electron chi connectivity index (χ3n) is 4.30. The molecule has 4 heteroatoms. The van der Waals surface area contributed by atoms with Gasteiger partial charge in [0.1, 0.15) is 0 Å². The van der Waals surface area contributed by atoms with Crippen molar-refractivity contribution in [2.75, 3.05) is 20.3 Å². The van der Waals surface area contributed by atoms with Gasteiger partial charge in [0.15, 0.2) is 0 Å². The van der Waals surface area contributed by atoms with E-state index in [0.29, 0.717) is 19.1 Å². The third kappa shape index (κ3) is 2.99. The van der Waals surface area contributed by atoms with E-state index in [1.54, 1.807) is 7.11 Å². The van der Waals surface area contributed by atoms with E-state index in [1.165, 1.54) is 12.8 Å². The number of hydrogen-bond acceptors (Lipinski definition) is 3. The smallest absolute Gasteiger partial charge is 0.226 e. The normalized spacial score (nSPS) is 23.9. The van der Waals surface area contributed by atoms with E-state index in [9.17, 15) is 4.79 Å². The Morgan fingerprint density at radius 1 is 1.53 bits per heavy atom. The molecule has 1 amide bonds. The van der Waals surface area contributed by atoms with Crippen LogP contribution in [0.1, 0.15) is 38.5 Å². The summed E-state index contributed by atoms with van der Waals surface area (Å²) in [6.07, 6.45) is 6.46. The molecule has 2 fully saturated rings. The zero-order chi connectivity index (χ0) is 12.3. The fourth-order valence-electron chi connectivity index (χ4n) is 2.58. The van der Waals surface area contributed by atoms with Crippen molar-refractivity contribution < 1.29 is 9.53 Å². The second-order valence-electron chi connectivity index (χ2n) is 5.59. The number of ether oxygens (including phenoxy) is 1. The molecular formula is C13H24N2O2. The van der Waals surface area contributed by atoms with Gasteiger partial charge in [0, 0.05) is 26.3 Å².